The Kier molecular flexibility index (Phi) is 5.04. The Morgan fingerprint density at radius 1 is 1.21 bits per heavy atom. The van der Waals surface area contributed by atoms with E-state index in [0.717, 1.165) is 18.2 Å². The summed E-state index contributed by atoms with van der Waals surface area (Å²) in [5.74, 6) is 0.340. The number of nitrogens with one attached hydrogen (secondary N) is 1. The average molecular weight is 417 g/mol. The van der Waals surface area contributed by atoms with Crippen molar-refractivity contribution in [3.63, 3.8) is 0 Å². The number of amides is 1. The molecule has 1 atom stereocenters. The summed E-state index contributed by atoms with van der Waals surface area (Å²) in [4.78, 5) is 34.8. The first-order chi connectivity index (χ1) is 13.7. The second-order valence-corrected chi connectivity index (χ2v) is 9.73. The molecule has 4 rings (SSSR count). The van der Waals surface area contributed by atoms with E-state index in [9.17, 15) is 18.0 Å². The molecule has 0 aliphatic carbocycles. The van der Waals surface area contributed by atoms with Crippen LogP contribution in [0.1, 0.15) is 51.9 Å². The smallest absolute Gasteiger partial charge is 0.254 e. The van der Waals surface area contributed by atoms with E-state index < -0.39 is 10.0 Å². The molecule has 3 heterocycles. The van der Waals surface area contributed by atoms with Crippen LogP contribution >= 0.6 is 0 Å². The number of H-pyrrole nitrogens is 1. The van der Waals surface area contributed by atoms with Crippen LogP contribution in [-0.4, -0.2) is 52.8 Å². The third kappa shape index (κ3) is 3.84. The summed E-state index contributed by atoms with van der Waals surface area (Å²) in [6, 6.07) is 7.09. The number of aromatic nitrogens is 2. The summed E-state index contributed by atoms with van der Waals surface area (Å²) in [6.07, 6.45) is 3.01. The van der Waals surface area contributed by atoms with Crippen LogP contribution in [0.5, 0.6) is 0 Å². The molecule has 0 radical (unpaired) electrons. The number of likely N-dealkylation sites (tertiary alicyclic amines) is 1. The normalized spacial score (nSPS) is 19.9. The van der Waals surface area contributed by atoms with Crippen molar-refractivity contribution in [1.82, 2.24) is 19.2 Å². The fraction of sp³-hybridized carbons (Fsp3) is 0.450. The number of benzene rings is 1. The maximum atomic E-state index is 13.0. The highest BCUT2D eigenvalue weighted by atomic mass is 32.2. The van der Waals surface area contributed by atoms with Crippen molar-refractivity contribution in [3.05, 3.63) is 62.8 Å². The number of sulfonamides is 1. The predicted molar refractivity (Wildman–Crippen MR) is 108 cm³/mol. The quantitative estimate of drug-likeness (QED) is 0.814. The van der Waals surface area contributed by atoms with Gasteiger partial charge in [-0.3, -0.25) is 9.59 Å². The number of carbonyl (C=O) groups excluding carboxylic acids is 1. The van der Waals surface area contributed by atoms with E-state index in [2.05, 4.69) is 9.97 Å². The Balaban J connectivity index is 1.66. The zero-order valence-electron chi connectivity index (χ0n) is 16.5. The summed E-state index contributed by atoms with van der Waals surface area (Å²) in [5.41, 5.74) is 2.45. The zero-order chi connectivity index (χ0) is 20.8. The largest absolute Gasteiger partial charge is 0.328 e. The van der Waals surface area contributed by atoms with E-state index in [1.54, 1.807) is 17.0 Å². The zero-order valence-corrected chi connectivity index (χ0v) is 17.3. The highest BCUT2D eigenvalue weighted by molar-refractivity contribution is 7.88. The van der Waals surface area contributed by atoms with Gasteiger partial charge in [-0.15, -0.1) is 0 Å². The first-order valence-electron chi connectivity index (χ1n) is 9.69. The topological polar surface area (TPSA) is 103 Å². The molecule has 8 nitrogen and oxygen atoms in total. The van der Waals surface area contributed by atoms with Gasteiger partial charge in [0.15, 0.2) is 0 Å². The molecule has 1 amide bonds. The van der Waals surface area contributed by atoms with Crippen molar-refractivity contribution in [2.75, 3.05) is 19.3 Å². The number of carbonyl (C=O) groups is 1. The molecule has 2 aliphatic rings. The Hall–Kier alpha value is -2.52. The van der Waals surface area contributed by atoms with Gasteiger partial charge in [0.2, 0.25) is 10.0 Å². The van der Waals surface area contributed by atoms with Gasteiger partial charge >= 0.3 is 0 Å². The monoisotopic (exact) mass is 416 g/mol. The molecule has 154 valence electrons. The first kappa shape index (κ1) is 19.8. The van der Waals surface area contributed by atoms with Gasteiger partial charge in [0.25, 0.3) is 11.5 Å². The molecule has 9 heteroatoms. The molecule has 0 unspecified atom stereocenters. The molecule has 1 aromatic heterocycles. The number of nitrogens with zero attached hydrogens (tertiary/aromatic N) is 3. The van der Waals surface area contributed by atoms with Gasteiger partial charge in [0.05, 0.1) is 24.5 Å². The molecule has 2 aliphatic heterocycles. The number of hydrogen-bond donors (Lipinski definition) is 1. The van der Waals surface area contributed by atoms with Crippen LogP contribution in [0, 0.1) is 6.92 Å². The molecule has 0 saturated carbocycles. The molecule has 0 spiro atoms. The van der Waals surface area contributed by atoms with Crippen molar-refractivity contribution < 1.29 is 13.2 Å². The van der Waals surface area contributed by atoms with Crippen LogP contribution in [0.3, 0.4) is 0 Å². The molecule has 0 bridgehead atoms. The second kappa shape index (κ2) is 7.38. The molecular formula is C20H24N4O4S. The predicted octanol–water partition coefficient (Wildman–Crippen LogP) is 1.37. The minimum Gasteiger partial charge on any atom is -0.328 e. The second-order valence-electron chi connectivity index (χ2n) is 7.75. The SMILES string of the molecule is Cc1ccc(C(=O)N2CCC[C@H]2c2nc3c(c(=O)[nH]2)CCN(S(C)(=O)=O)C3)cc1. The van der Waals surface area contributed by atoms with Gasteiger partial charge in [-0.1, -0.05) is 17.7 Å². The van der Waals surface area contributed by atoms with Gasteiger partial charge in [0.1, 0.15) is 5.82 Å². The van der Waals surface area contributed by atoms with Crippen molar-refractivity contribution in [3.8, 4) is 0 Å². The third-order valence-electron chi connectivity index (χ3n) is 5.65. The molecule has 29 heavy (non-hydrogen) atoms. The van der Waals surface area contributed by atoms with Crippen molar-refractivity contribution in [2.24, 2.45) is 0 Å². The lowest BCUT2D eigenvalue weighted by atomic mass is 10.1. The van der Waals surface area contributed by atoms with Crippen LogP contribution in [-0.2, 0) is 23.0 Å². The van der Waals surface area contributed by atoms with Gasteiger partial charge in [-0.25, -0.2) is 13.4 Å². The summed E-state index contributed by atoms with van der Waals surface area (Å²) >= 11 is 0. The minimum atomic E-state index is -3.36. The van der Waals surface area contributed by atoms with Gasteiger partial charge < -0.3 is 9.88 Å². The lowest BCUT2D eigenvalue weighted by Crippen LogP contribution is -2.40. The van der Waals surface area contributed by atoms with Crippen molar-refractivity contribution in [1.29, 1.82) is 0 Å². The number of fused-ring (bicyclic) bond motifs is 1. The van der Waals surface area contributed by atoms with Crippen molar-refractivity contribution in [2.45, 2.75) is 38.8 Å². The van der Waals surface area contributed by atoms with Crippen LogP contribution in [0.15, 0.2) is 29.1 Å². The Bertz CT molecular complexity index is 1110. The highest BCUT2D eigenvalue weighted by Crippen LogP contribution is 2.31. The van der Waals surface area contributed by atoms with E-state index in [4.69, 9.17) is 0 Å². The van der Waals surface area contributed by atoms with Gasteiger partial charge in [-0.2, -0.15) is 4.31 Å². The van der Waals surface area contributed by atoms with Crippen LogP contribution in [0.2, 0.25) is 0 Å². The molecule has 1 aromatic carbocycles. The molecule has 1 N–H and O–H groups in total. The fourth-order valence-corrected chi connectivity index (χ4v) is 4.81. The lowest BCUT2D eigenvalue weighted by Gasteiger charge is -2.28. The van der Waals surface area contributed by atoms with Crippen LogP contribution in [0.4, 0.5) is 0 Å². The van der Waals surface area contributed by atoms with Crippen molar-refractivity contribution >= 4 is 15.9 Å². The summed E-state index contributed by atoms with van der Waals surface area (Å²) < 4.78 is 25.1. The highest BCUT2D eigenvalue weighted by Gasteiger charge is 2.34. The van der Waals surface area contributed by atoms with E-state index in [1.807, 2.05) is 19.1 Å². The summed E-state index contributed by atoms with van der Waals surface area (Å²) in [6.45, 7) is 2.92. The van der Waals surface area contributed by atoms with E-state index in [0.29, 0.717) is 42.0 Å². The number of hydrogen-bond acceptors (Lipinski definition) is 5. The minimum absolute atomic E-state index is 0.0870. The Morgan fingerprint density at radius 3 is 2.62 bits per heavy atom. The number of aromatic amines is 1. The first-order valence-corrected chi connectivity index (χ1v) is 11.5. The number of rotatable bonds is 3. The summed E-state index contributed by atoms with van der Waals surface area (Å²) in [5, 5.41) is 0. The average Bonchev–Trinajstić information content (AvgIpc) is 3.16. The van der Waals surface area contributed by atoms with Gasteiger partial charge in [-0.05, 0) is 38.3 Å². The Labute approximate surface area is 169 Å². The summed E-state index contributed by atoms with van der Waals surface area (Å²) in [7, 11) is -3.36. The maximum absolute atomic E-state index is 13.0. The lowest BCUT2D eigenvalue weighted by molar-refractivity contribution is 0.0729. The Morgan fingerprint density at radius 2 is 1.93 bits per heavy atom. The third-order valence-corrected chi connectivity index (χ3v) is 6.90. The molecular weight excluding hydrogens is 392 g/mol. The van der Waals surface area contributed by atoms with E-state index in [1.165, 1.54) is 4.31 Å². The fourth-order valence-electron chi connectivity index (χ4n) is 4.03. The van der Waals surface area contributed by atoms with Crippen LogP contribution < -0.4 is 5.56 Å². The number of aryl methyl sites for hydroxylation is 1. The maximum Gasteiger partial charge on any atom is 0.254 e. The van der Waals surface area contributed by atoms with E-state index >= 15 is 0 Å². The van der Waals surface area contributed by atoms with Crippen LogP contribution in [0.25, 0.3) is 0 Å². The van der Waals surface area contributed by atoms with Gasteiger partial charge in [0, 0.05) is 24.2 Å². The molecule has 1 saturated heterocycles. The molecule has 2 aromatic rings. The standard InChI is InChI=1S/C20H24N4O4S/c1-13-5-7-14(8-6-13)20(26)24-10-3-4-17(24)18-21-16-12-23(29(2,27)28)11-9-15(16)19(25)22-18/h5-8,17H,3-4,9-12H2,1-2H3,(H,21,22,25)/t17-/m0/s1. The molecule has 1 fully saturated rings. The van der Waals surface area contributed by atoms with E-state index in [-0.39, 0.29) is 30.6 Å².